The molecule has 132 valence electrons. The lowest BCUT2D eigenvalue weighted by molar-refractivity contribution is -0.385. The number of para-hydroxylation sites is 2. The minimum absolute atomic E-state index is 0.0154. The Balaban J connectivity index is 1.66. The number of nitro benzene ring substituents is 1. The van der Waals surface area contributed by atoms with E-state index in [0.29, 0.717) is 6.61 Å². The second-order valence-electron chi connectivity index (χ2n) is 5.35. The van der Waals surface area contributed by atoms with E-state index in [2.05, 4.69) is 0 Å². The van der Waals surface area contributed by atoms with E-state index >= 15 is 0 Å². The lowest BCUT2D eigenvalue weighted by Crippen LogP contribution is -2.28. The third kappa shape index (κ3) is 5.47. The van der Waals surface area contributed by atoms with Crippen LogP contribution in [-0.2, 0) is 19.0 Å². The summed E-state index contributed by atoms with van der Waals surface area (Å²) in [6, 6.07) is 6.03. The van der Waals surface area contributed by atoms with Crippen LogP contribution in [0.15, 0.2) is 24.3 Å². The number of nitrogens with zero attached hydrogens (tertiary/aromatic N) is 1. The number of hydrogen-bond donors (Lipinski definition) is 0. The Bertz CT molecular complexity index is 557. The summed E-state index contributed by atoms with van der Waals surface area (Å²) in [7, 11) is 0. The molecule has 2 atom stereocenters. The van der Waals surface area contributed by atoms with Crippen LogP contribution < -0.4 is 4.74 Å². The van der Waals surface area contributed by atoms with E-state index < -0.39 is 17.0 Å². The molecule has 0 saturated carbocycles. The van der Waals surface area contributed by atoms with Crippen molar-refractivity contribution in [3.63, 3.8) is 0 Å². The number of benzene rings is 1. The number of ether oxygens (including phenoxy) is 4. The molecule has 0 bridgehead atoms. The summed E-state index contributed by atoms with van der Waals surface area (Å²) in [6.07, 6.45) is 1.30. The fourth-order valence-electron chi connectivity index (χ4n) is 2.24. The molecule has 0 aromatic heterocycles. The van der Waals surface area contributed by atoms with Crippen LogP contribution in [0, 0.1) is 10.1 Å². The SMILES string of the molecule is CC(OCC1CCCO1)C(=O)OCCOc1ccccc1[N+](=O)[O-]. The van der Waals surface area contributed by atoms with E-state index in [1.807, 2.05) is 0 Å². The van der Waals surface area contributed by atoms with E-state index in [9.17, 15) is 14.9 Å². The number of esters is 1. The van der Waals surface area contributed by atoms with Gasteiger partial charge in [-0.3, -0.25) is 10.1 Å². The van der Waals surface area contributed by atoms with Gasteiger partial charge in [-0.2, -0.15) is 0 Å². The largest absolute Gasteiger partial charge is 0.483 e. The van der Waals surface area contributed by atoms with E-state index in [1.54, 1.807) is 19.1 Å². The van der Waals surface area contributed by atoms with Crippen molar-refractivity contribution in [1.82, 2.24) is 0 Å². The summed E-state index contributed by atoms with van der Waals surface area (Å²) < 4.78 is 21.2. The van der Waals surface area contributed by atoms with Gasteiger partial charge in [-0.25, -0.2) is 4.79 Å². The molecular weight excluding hydrogens is 318 g/mol. The second kappa shape index (κ2) is 9.19. The van der Waals surface area contributed by atoms with Crippen molar-refractivity contribution in [2.75, 3.05) is 26.4 Å². The maximum Gasteiger partial charge on any atom is 0.335 e. The quantitative estimate of drug-likeness (QED) is 0.294. The normalized spacial score (nSPS) is 18.1. The summed E-state index contributed by atoms with van der Waals surface area (Å²) in [6.45, 7) is 2.71. The number of nitro groups is 1. The zero-order valence-electron chi connectivity index (χ0n) is 13.5. The molecule has 8 heteroatoms. The average Bonchev–Trinajstić information content (AvgIpc) is 3.10. The maximum atomic E-state index is 11.8. The molecule has 2 rings (SSSR count). The van der Waals surface area contributed by atoms with Gasteiger partial charge in [0.15, 0.2) is 11.9 Å². The van der Waals surface area contributed by atoms with Gasteiger partial charge >= 0.3 is 11.7 Å². The third-order valence-electron chi connectivity index (χ3n) is 3.54. The molecule has 0 amide bonds. The molecule has 1 aromatic carbocycles. The van der Waals surface area contributed by atoms with Crippen LogP contribution in [0.2, 0.25) is 0 Å². The highest BCUT2D eigenvalue weighted by molar-refractivity contribution is 5.74. The molecule has 1 heterocycles. The molecule has 1 aliphatic heterocycles. The Kier molecular flexibility index (Phi) is 6.95. The van der Waals surface area contributed by atoms with Crippen molar-refractivity contribution in [3.05, 3.63) is 34.4 Å². The van der Waals surface area contributed by atoms with Crippen LogP contribution in [-0.4, -0.2) is 49.5 Å². The van der Waals surface area contributed by atoms with E-state index in [1.165, 1.54) is 12.1 Å². The predicted octanol–water partition coefficient (Wildman–Crippen LogP) is 2.10. The van der Waals surface area contributed by atoms with Crippen molar-refractivity contribution in [2.24, 2.45) is 0 Å². The van der Waals surface area contributed by atoms with Crippen LogP contribution in [0.5, 0.6) is 5.75 Å². The first kappa shape index (κ1) is 18.2. The molecule has 0 spiro atoms. The Morgan fingerprint density at radius 1 is 1.42 bits per heavy atom. The van der Waals surface area contributed by atoms with E-state index in [-0.39, 0.29) is 30.8 Å². The summed E-state index contributed by atoms with van der Waals surface area (Å²) in [5.41, 5.74) is -0.128. The fraction of sp³-hybridized carbons (Fsp3) is 0.562. The summed E-state index contributed by atoms with van der Waals surface area (Å²) in [5, 5.41) is 10.8. The molecule has 1 aliphatic rings. The Morgan fingerprint density at radius 2 is 2.21 bits per heavy atom. The molecule has 0 radical (unpaired) electrons. The van der Waals surface area contributed by atoms with E-state index in [0.717, 1.165) is 19.4 Å². The lowest BCUT2D eigenvalue weighted by atomic mass is 10.2. The standard InChI is InChI=1S/C16H21NO7/c1-12(24-11-13-5-4-8-21-13)16(18)23-10-9-22-15-7-3-2-6-14(15)17(19)20/h2-3,6-7,12-13H,4-5,8-11H2,1H3. The van der Waals surface area contributed by atoms with Gasteiger partial charge in [0, 0.05) is 12.7 Å². The maximum absolute atomic E-state index is 11.8. The van der Waals surface area contributed by atoms with Crippen molar-refractivity contribution in [1.29, 1.82) is 0 Å². The van der Waals surface area contributed by atoms with Gasteiger partial charge in [0.25, 0.3) is 0 Å². The zero-order chi connectivity index (χ0) is 17.4. The Morgan fingerprint density at radius 3 is 2.92 bits per heavy atom. The van der Waals surface area contributed by atoms with Crippen LogP contribution in [0.25, 0.3) is 0 Å². The zero-order valence-corrected chi connectivity index (χ0v) is 13.5. The molecule has 1 aromatic rings. The lowest BCUT2D eigenvalue weighted by Gasteiger charge is -2.15. The van der Waals surface area contributed by atoms with Gasteiger partial charge in [-0.05, 0) is 25.8 Å². The molecule has 24 heavy (non-hydrogen) atoms. The van der Waals surface area contributed by atoms with E-state index in [4.69, 9.17) is 18.9 Å². The molecule has 2 unspecified atom stereocenters. The third-order valence-corrected chi connectivity index (χ3v) is 3.54. The van der Waals surface area contributed by atoms with Crippen molar-refractivity contribution < 1.29 is 28.7 Å². The number of carbonyl (C=O) groups is 1. The second-order valence-corrected chi connectivity index (χ2v) is 5.35. The van der Waals surface area contributed by atoms with Gasteiger partial charge in [0.1, 0.15) is 13.2 Å². The van der Waals surface area contributed by atoms with Crippen LogP contribution in [0.1, 0.15) is 19.8 Å². The Hall–Kier alpha value is -2.19. The first-order valence-corrected chi connectivity index (χ1v) is 7.84. The number of rotatable bonds is 9. The highest BCUT2D eigenvalue weighted by atomic mass is 16.6. The fourth-order valence-corrected chi connectivity index (χ4v) is 2.24. The predicted molar refractivity (Wildman–Crippen MR) is 83.9 cm³/mol. The monoisotopic (exact) mass is 339 g/mol. The number of hydrogen-bond acceptors (Lipinski definition) is 7. The van der Waals surface area contributed by atoms with Gasteiger partial charge in [0.05, 0.1) is 17.6 Å². The number of carbonyl (C=O) groups excluding carboxylic acids is 1. The van der Waals surface area contributed by atoms with Crippen molar-refractivity contribution >= 4 is 11.7 Å². The van der Waals surface area contributed by atoms with Crippen LogP contribution >= 0.6 is 0 Å². The minimum atomic E-state index is -0.694. The first-order valence-electron chi connectivity index (χ1n) is 7.84. The average molecular weight is 339 g/mol. The summed E-state index contributed by atoms with van der Waals surface area (Å²) in [4.78, 5) is 22.1. The van der Waals surface area contributed by atoms with Gasteiger partial charge in [-0.15, -0.1) is 0 Å². The van der Waals surface area contributed by atoms with Gasteiger partial charge < -0.3 is 18.9 Å². The highest BCUT2D eigenvalue weighted by Crippen LogP contribution is 2.25. The molecule has 1 fully saturated rings. The molecule has 0 N–H and O–H groups in total. The topological polar surface area (TPSA) is 97.1 Å². The molecule has 0 aliphatic carbocycles. The van der Waals surface area contributed by atoms with Gasteiger partial charge in [-0.1, -0.05) is 12.1 Å². The van der Waals surface area contributed by atoms with Crippen LogP contribution in [0.3, 0.4) is 0 Å². The van der Waals surface area contributed by atoms with Crippen molar-refractivity contribution in [2.45, 2.75) is 32.0 Å². The minimum Gasteiger partial charge on any atom is -0.483 e. The summed E-state index contributed by atoms with van der Waals surface area (Å²) in [5.74, 6) is -0.361. The molecule has 8 nitrogen and oxygen atoms in total. The smallest absolute Gasteiger partial charge is 0.335 e. The van der Waals surface area contributed by atoms with Gasteiger partial charge in [0.2, 0.25) is 0 Å². The molecular formula is C16H21NO7. The Labute approximate surface area is 139 Å². The van der Waals surface area contributed by atoms with Crippen molar-refractivity contribution in [3.8, 4) is 5.75 Å². The molecule has 1 saturated heterocycles. The first-order chi connectivity index (χ1) is 11.6. The highest BCUT2D eigenvalue weighted by Gasteiger charge is 2.21. The summed E-state index contributed by atoms with van der Waals surface area (Å²) >= 11 is 0. The van der Waals surface area contributed by atoms with Crippen LogP contribution in [0.4, 0.5) is 5.69 Å².